The fourth-order valence-electron chi connectivity index (χ4n) is 3.04. The molecule has 3 heterocycles. The molecule has 9 heteroatoms. The highest BCUT2D eigenvalue weighted by atomic mass is 16.5. The molecule has 3 amide bonds. The average Bonchev–Trinajstić information content (AvgIpc) is 3.41. The Balaban J connectivity index is 1.34. The third kappa shape index (κ3) is 3.18. The molecule has 1 N–H and O–H groups in total. The molecule has 0 radical (unpaired) electrons. The van der Waals surface area contributed by atoms with Crippen LogP contribution in [0.2, 0.25) is 0 Å². The molecule has 0 saturated heterocycles. The van der Waals surface area contributed by atoms with E-state index in [1.165, 1.54) is 6.26 Å². The molecule has 2 aromatic heterocycles. The molecule has 0 spiro atoms. The molecule has 0 aliphatic carbocycles. The van der Waals surface area contributed by atoms with E-state index < -0.39 is 6.04 Å². The predicted molar refractivity (Wildman–Crippen MR) is 94.9 cm³/mol. The molecule has 1 unspecified atom stereocenters. The zero-order chi connectivity index (χ0) is 19.7. The molecule has 4 rings (SSSR count). The minimum absolute atomic E-state index is 0.0334. The minimum atomic E-state index is -0.587. The lowest BCUT2D eigenvalue weighted by Gasteiger charge is -2.21. The van der Waals surface area contributed by atoms with Crippen LogP contribution in [0, 0.1) is 0 Å². The van der Waals surface area contributed by atoms with E-state index in [9.17, 15) is 14.4 Å². The summed E-state index contributed by atoms with van der Waals surface area (Å²) in [7, 11) is 0. The topological polar surface area (TPSA) is 119 Å². The highest BCUT2D eigenvalue weighted by molar-refractivity contribution is 6.21. The molecule has 1 aliphatic rings. The summed E-state index contributed by atoms with van der Waals surface area (Å²) in [5.41, 5.74) is 0.717. The van der Waals surface area contributed by atoms with E-state index in [0.29, 0.717) is 16.9 Å². The standard InChI is InChI=1S/C19H16N4O5/c1-11(23-18(25)12-5-2-3-6-13(12)19(23)26)9-16(24)20-10-15-21-17(28-22-15)14-7-4-8-27-14/h2-8,11H,9-10H2,1H3,(H,20,24). The summed E-state index contributed by atoms with van der Waals surface area (Å²) < 4.78 is 10.2. The predicted octanol–water partition coefficient (Wildman–Crippen LogP) is 2.02. The number of nitrogens with one attached hydrogen (secondary N) is 1. The van der Waals surface area contributed by atoms with Crippen LogP contribution in [-0.2, 0) is 11.3 Å². The number of hydrogen-bond acceptors (Lipinski definition) is 7. The van der Waals surface area contributed by atoms with Gasteiger partial charge in [-0.1, -0.05) is 17.3 Å². The first kappa shape index (κ1) is 17.7. The lowest BCUT2D eigenvalue weighted by atomic mass is 10.1. The summed E-state index contributed by atoms with van der Waals surface area (Å²) in [6.45, 7) is 1.71. The van der Waals surface area contributed by atoms with Crippen molar-refractivity contribution in [2.45, 2.75) is 25.9 Å². The fourth-order valence-corrected chi connectivity index (χ4v) is 3.04. The van der Waals surface area contributed by atoms with Gasteiger partial charge in [0, 0.05) is 12.5 Å². The SMILES string of the molecule is CC(CC(=O)NCc1noc(-c2ccco2)n1)N1C(=O)c2ccccc2C1=O. The lowest BCUT2D eigenvalue weighted by Crippen LogP contribution is -2.41. The summed E-state index contributed by atoms with van der Waals surface area (Å²) in [5.74, 6) is -0.177. The second kappa shape index (κ2) is 7.10. The average molecular weight is 380 g/mol. The van der Waals surface area contributed by atoms with Gasteiger partial charge in [0.25, 0.3) is 17.7 Å². The van der Waals surface area contributed by atoms with Crippen LogP contribution in [0.25, 0.3) is 11.7 Å². The van der Waals surface area contributed by atoms with E-state index in [0.717, 1.165) is 4.90 Å². The molecule has 0 fully saturated rings. The second-order valence-electron chi connectivity index (χ2n) is 6.35. The molecule has 1 atom stereocenters. The van der Waals surface area contributed by atoms with Gasteiger partial charge in [-0.05, 0) is 31.2 Å². The number of benzene rings is 1. The number of hydrogen-bond donors (Lipinski definition) is 1. The smallest absolute Gasteiger partial charge is 0.293 e. The van der Waals surface area contributed by atoms with Crippen LogP contribution in [0.4, 0.5) is 0 Å². The van der Waals surface area contributed by atoms with Crippen LogP contribution < -0.4 is 5.32 Å². The molecule has 1 aromatic carbocycles. The highest BCUT2D eigenvalue weighted by Gasteiger charge is 2.38. The first-order valence-electron chi connectivity index (χ1n) is 8.64. The molecule has 0 saturated carbocycles. The van der Waals surface area contributed by atoms with Gasteiger partial charge in [-0.2, -0.15) is 4.98 Å². The quantitative estimate of drug-likeness (QED) is 0.650. The first-order valence-corrected chi connectivity index (χ1v) is 8.64. The number of furan rings is 1. The van der Waals surface area contributed by atoms with Gasteiger partial charge in [-0.25, -0.2) is 0 Å². The van der Waals surface area contributed by atoms with Gasteiger partial charge in [-0.3, -0.25) is 19.3 Å². The summed E-state index contributed by atoms with van der Waals surface area (Å²) in [4.78, 5) is 42.4. The zero-order valence-corrected chi connectivity index (χ0v) is 14.9. The van der Waals surface area contributed by atoms with Crippen molar-refractivity contribution in [2.75, 3.05) is 0 Å². The van der Waals surface area contributed by atoms with E-state index in [4.69, 9.17) is 8.94 Å². The van der Waals surface area contributed by atoms with Crippen molar-refractivity contribution in [2.24, 2.45) is 0 Å². The molecule has 0 bridgehead atoms. The summed E-state index contributed by atoms with van der Waals surface area (Å²) in [6, 6.07) is 9.40. The molecular formula is C19H16N4O5. The fraction of sp³-hybridized carbons (Fsp3) is 0.211. The third-order valence-electron chi connectivity index (χ3n) is 4.39. The summed E-state index contributed by atoms with van der Waals surface area (Å²) in [6.07, 6.45) is 1.45. The van der Waals surface area contributed by atoms with Gasteiger partial charge in [0.2, 0.25) is 5.91 Å². The number of imide groups is 1. The molecule has 9 nitrogen and oxygen atoms in total. The first-order chi connectivity index (χ1) is 13.5. The van der Waals surface area contributed by atoms with Gasteiger partial charge in [0.1, 0.15) is 0 Å². The molecular weight excluding hydrogens is 364 g/mol. The molecule has 28 heavy (non-hydrogen) atoms. The number of carbonyl (C=O) groups excluding carboxylic acids is 3. The van der Waals surface area contributed by atoms with Gasteiger partial charge in [0.15, 0.2) is 11.6 Å². The van der Waals surface area contributed by atoms with Gasteiger partial charge in [0.05, 0.1) is 23.9 Å². The van der Waals surface area contributed by atoms with Crippen LogP contribution >= 0.6 is 0 Å². The maximum Gasteiger partial charge on any atom is 0.293 e. The Morgan fingerprint density at radius 3 is 2.50 bits per heavy atom. The third-order valence-corrected chi connectivity index (χ3v) is 4.39. The number of fused-ring (bicyclic) bond motifs is 1. The normalized spacial score (nSPS) is 14.2. The van der Waals surface area contributed by atoms with Crippen molar-refractivity contribution < 1.29 is 23.3 Å². The van der Waals surface area contributed by atoms with E-state index in [-0.39, 0.29) is 42.4 Å². The Hall–Kier alpha value is -3.75. The maximum atomic E-state index is 12.5. The maximum absolute atomic E-state index is 12.5. The van der Waals surface area contributed by atoms with Crippen molar-refractivity contribution in [3.05, 3.63) is 59.6 Å². The number of aromatic nitrogens is 2. The van der Waals surface area contributed by atoms with Gasteiger partial charge >= 0.3 is 0 Å². The Labute approximate surface area is 159 Å². The molecule has 3 aromatic rings. The van der Waals surface area contributed by atoms with Crippen LogP contribution in [0.15, 0.2) is 51.6 Å². The number of carbonyl (C=O) groups is 3. The van der Waals surface area contributed by atoms with Crippen LogP contribution in [0.3, 0.4) is 0 Å². The van der Waals surface area contributed by atoms with Crippen molar-refractivity contribution in [1.29, 1.82) is 0 Å². The highest BCUT2D eigenvalue weighted by Crippen LogP contribution is 2.25. The zero-order valence-electron chi connectivity index (χ0n) is 14.9. The lowest BCUT2D eigenvalue weighted by molar-refractivity contribution is -0.122. The summed E-state index contributed by atoms with van der Waals surface area (Å²) >= 11 is 0. The number of nitrogens with zero attached hydrogens (tertiary/aromatic N) is 3. The van der Waals surface area contributed by atoms with Crippen molar-refractivity contribution in [1.82, 2.24) is 20.4 Å². The van der Waals surface area contributed by atoms with Crippen molar-refractivity contribution in [3.63, 3.8) is 0 Å². The Bertz CT molecular complexity index is 1010. The van der Waals surface area contributed by atoms with E-state index in [2.05, 4.69) is 15.5 Å². The number of amides is 3. The Kier molecular flexibility index (Phi) is 4.48. The molecule has 1 aliphatic heterocycles. The van der Waals surface area contributed by atoms with E-state index in [1.54, 1.807) is 43.3 Å². The van der Waals surface area contributed by atoms with Crippen molar-refractivity contribution >= 4 is 17.7 Å². The van der Waals surface area contributed by atoms with Crippen LogP contribution in [0.5, 0.6) is 0 Å². The number of rotatable bonds is 6. The monoisotopic (exact) mass is 380 g/mol. The van der Waals surface area contributed by atoms with Gasteiger partial charge < -0.3 is 14.3 Å². The Morgan fingerprint density at radius 2 is 1.86 bits per heavy atom. The second-order valence-corrected chi connectivity index (χ2v) is 6.35. The van der Waals surface area contributed by atoms with Crippen molar-refractivity contribution in [3.8, 4) is 11.7 Å². The molecule has 142 valence electrons. The Morgan fingerprint density at radius 1 is 1.14 bits per heavy atom. The van der Waals surface area contributed by atoms with E-state index >= 15 is 0 Å². The largest absolute Gasteiger partial charge is 0.459 e. The summed E-state index contributed by atoms with van der Waals surface area (Å²) in [5, 5.41) is 6.43. The van der Waals surface area contributed by atoms with E-state index in [1.807, 2.05) is 0 Å². The van der Waals surface area contributed by atoms with Crippen LogP contribution in [0.1, 0.15) is 39.9 Å². The minimum Gasteiger partial charge on any atom is -0.459 e. The van der Waals surface area contributed by atoms with Crippen LogP contribution in [-0.4, -0.2) is 38.8 Å². The van der Waals surface area contributed by atoms with Gasteiger partial charge in [-0.15, -0.1) is 0 Å².